The topological polar surface area (TPSA) is 72.5 Å². The second-order valence-electron chi connectivity index (χ2n) is 5.92. The summed E-state index contributed by atoms with van der Waals surface area (Å²) in [5, 5.41) is 2.76. The minimum absolute atomic E-state index is 0.201. The van der Waals surface area contributed by atoms with Crippen LogP contribution in [0, 0.1) is 0 Å². The Morgan fingerprint density at radius 2 is 1.67 bits per heavy atom. The highest BCUT2D eigenvalue weighted by Gasteiger charge is 2.32. The monoisotopic (exact) mass is 321 g/mol. The molecule has 5 heteroatoms. The molecular weight excluding hydrogens is 306 g/mol. The second kappa shape index (κ2) is 5.69. The van der Waals surface area contributed by atoms with Crippen LogP contribution in [-0.2, 0) is 9.53 Å². The van der Waals surface area contributed by atoms with Gasteiger partial charge in [-0.05, 0) is 18.9 Å². The van der Waals surface area contributed by atoms with Gasteiger partial charge in [0.25, 0.3) is 5.91 Å². The Morgan fingerprint density at radius 3 is 2.38 bits per heavy atom. The molecule has 2 aliphatic rings. The van der Waals surface area contributed by atoms with E-state index in [1.165, 1.54) is 0 Å². The lowest BCUT2D eigenvalue weighted by Crippen LogP contribution is -2.29. The minimum Gasteiger partial charge on any atom is -0.368 e. The first-order valence-corrected chi connectivity index (χ1v) is 7.91. The first-order chi connectivity index (χ1) is 11.7. The van der Waals surface area contributed by atoms with Crippen LogP contribution in [0.25, 0.3) is 0 Å². The Kier molecular flexibility index (Phi) is 3.50. The van der Waals surface area contributed by atoms with Crippen LogP contribution in [0.15, 0.2) is 42.5 Å². The molecule has 0 saturated carbocycles. The average molecular weight is 321 g/mol. The fourth-order valence-corrected chi connectivity index (χ4v) is 3.25. The number of amides is 1. The average Bonchev–Trinajstić information content (AvgIpc) is 3.14. The summed E-state index contributed by atoms with van der Waals surface area (Å²) >= 11 is 0. The van der Waals surface area contributed by atoms with Gasteiger partial charge >= 0.3 is 0 Å². The summed E-state index contributed by atoms with van der Waals surface area (Å²) in [7, 11) is 0. The zero-order chi connectivity index (χ0) is 16.7. The van der Waals surface area contributed by atoms with E-state index in [4.69, 9.17) is 4.74 Å². The largest absolute Gasteiger partial charge is 0.368 e. The van der Waals surface area contributed by atoms with E-state index in [-0.39, 0.29) is 23.0 Å². The van der Waals surface area contributed by atoms with Crippen molar-refractivity contribution >= 4 is 23.2 Å². The minimum atomic E-state index is -0.498. The van der Waals surface area contributed by atoms with Crippen LogP contribution in [0.1, 0.15) is 44.7 Å². The number of rotatable bonds is 2. The number of carbonyl (C=O) groups is 3. The van der Waals surface area contributed by atoms with Gasteiger partial charge in [0, 0.05) is 23.3 Å². The summed E-state index contributed by atoms with van der Waals surface area (Å²) in [4.78, 5) is 37.8. The third-order valence-electron chi connectivity index (χ3n) is 4.43. The van der Waals surface area contributed by atoms with Crippen LogP contribution in [-0.4, -0.2) is 30.2 Å². The number of nitrogens with one attached hydrogen (secondary N) is 1. The van der Waals surface area contributed by atoms with Crippen molar-refractivity contribution in [3.8, 4) is 0 Å². The van der Waals surface area contributed by atoms with Crippen molar-refractivity contribution in [2.45, 2.75) is 18.9 Å². The predicted molar refractivity (Wildman–Crippen MR) is 87.4 cm³/mol. The SMILES string of the molecule is O=C1c2ccccc2C(=O)c2c(NC(=O)C3CCCO3)cccc21. The number of benzene rings is 2. The van der Waals surface area contributed by atoms with Crippen molar-refractivity contribution in [3.05, 3.63) is 64.7 Å². The van der Waals surface area contributed by atoms with Gasteiger partial charge in [-0.2, -0.15) is 0 Å². The molecule has 2 aromatic carbocycles. The van der Waals surface area contributed by atoms with Gasteiger partial charge in [-0.1, -0.05) is 36.4 Å². The fraction of sp³-hybridized carbons (Fsp3) is 0.211. The molecule has 1 heterocycles. The molecule has 0 aromatic heterocycles. The van der Waals surface area contributed by atoms with Crippen molar-refractivity contribution in [1.29, 1.82) is 0 Å². The summed E-state index contributed by atoms with van der Waals surface area (Å²) in [6.45, 7) is 0.565. The summed E-state index contributed by atoms with van der Waals surface area (Å²) < 4.78 is 5.37. The Balaban J connectivity index is 1.75. The third-order valence-corrected chi connectivity index (χ3v) is 4.43. The summed E-state index contributed by atoms with van der Waals surface area (Å²) in [5.41, 5.74) is 1.71. The van der Waals surface area contributed by atoms with E-state index >= 15 is 0 Å². The lowest BCUT2D eigenvalue weighted by atomic mass is 9.83. The van der Waals surface area contributed by atoms with Crippen molar-refractivity contribution in [1.82, 2.24) is 0 Å². The van der Waals surface area contributed by atoms with Crippen LogP contribution in [0.3, 0.4) is 0 Å². The maximum absolute atomic E-state index is 12.8. The number of ether oxygens (including phenoxy) is 1. The summed E-state index contributed by atoms with van der Waals surface area (Å²) in [5.74, 6) is -0.725. The zero-order valence-electron chi connectivity index (χ0n) is 12.9. The van der Waals surface area contributed by atoms with Gasteiger partial charge < -0.3 is 10.1 Å². The van der Waals surface area contributed by atoms with Crippen molar-refractivity contribution in [3.63, 3.8) is 0 Å². The Labute approximate surface area is 138 Å². The Hall–Kier alpha value is -2.79. The molecule has 0 bridgehead atoms. The van der Waals surface area contributed by atoms with Crippen molar-refractivity contribution in [2.24, 2.45) is 0 Å². The van der Waals surface area contributed by atoms with Crippen molar-refractivity contribution in [2.75, 3.05) is 11.9 Å². The van der Waals surface area contributed by atoms with E-state index in [0.29, 0.717) is 35.4 Å². The number of anilines is 1. The van der Waals surface area contributed by atoms with Crippen molar-refractivity contribution < 1.29 is 19.1 Å². The molecule has 0 radical (unpaired) electrons. The molecule has 4 rings (SSSR count). The summed E-state index contributed by atoms with van der Waals surface area (Å²) in [6, 6.07) is 11.7. The van der Waals surface area contributed by atoms with E-state index in [1.807, 2.05) is 0 Å². The summed E-state index contributed by atoms with van der Waals surface area (Å²) in [6.07, 6.45) is 1.01. The van der Waals surface area contributed by atoms with E-state index in [0.717, 1.165) is 6.42 Å². The normalized spacial score (nSPS) is 18.9. The Bertz CT molecular complexity index is 865. The molecule has 1 saturated heterocycles. The third kappa shape index (κ3) is 2.25. The smallest absolute Gasteiger partial charge is 0.253 e. The molecule has 5 nitrogen and oxygen atoms in total. The lowest BCUT2D eigenvalue weighted by molar-refractivity contribution is -0.124. The van der Waals surface area contributed by atoms with E-state index in [2.05, 4.69) is 5.32 Å². The molecule has 120 valence electrons. The highest BCUT2D eigenvalue weighted by Crippen LogP contribution is 2.32. The molecule has 1 amide bonds. The van der Waals surface area contributed by atoms with Gasteiger partial charge in [-0.15, -0.1) is 0 Å². The van der Waals surface area contributed by atoms with Gasteiger partial charge in [0.05, 0.1) is 11.3 Å². The fourth-order valence-electron chi connectivity index (χ4n) is 3.25. The number of ketones is 2. The Morgan fingerprint density at radius 1 is 0.958 bits per heavy atom. The molecular formula is C19H15NO4. The maximum Gasteiger partial charge on any atom is 0.253 e. The molecule has 1 atom stereocenters. The van der Waals surface area contributed by atoms with Crippen LogP contribution in [0.2, 0.25) is 0 Å². The maximum atomic E-state index is 12.8. The van der Waals surface area contributed by atoms with Gasteiger partial charge in [-0.25, -0.2) is 0 Å². The molecule has 24 heavy (non-hydrogen) atoms. The molecule has 1 unspecified atom stereocenters. The van der Waals surface area contributed by atoms with Crippen LogP contribution in [0.4, 0.5) is 5.69 Å². The van der Waals surface area contributed by atoms with E-state index in [1.54, 1.807) is 42.5 Å². The first-order valence-electron chi connectivity index (χ1n) is 7.91. The van der Waals surface area contributed by atoms with Crippen LogP contribution >= 0.6 is 0 Å². The number of fused-ring (bicyclic) bond motifs is 2. The van der Waals surface area contributed by atoms with Gasteiger partial charge in [0.2, 0.25) is 0 Å². The number of hydrogen-bond donors (Lipinski definition) is 1. The zero-order valence-corrected chi connectivity index (χ0v) is 12.9. The molecule has 1 fully saturated rings. The predicted octanol–water partition coefficient (Wildman–Crippen LogP) is 2.58. The van der Waals surface area contributed by atoms with Gasteiger partial charge in [-0.3, -0.25) is 14.4 Å². The molecule has 1 N–H and O–H groups in total. The quantitative estimate of drug-likeness (QED) is 0.787. The van der Waals surface area contributed by atoms with Crippen LogP contribution in [0.5, 0.6) is 0 Å². The first kappa shape index (κ1) is 14.8. The number of hydrogen-bond acceptors (Lipinski definition) is 4. The van der Waals surface area contributed by atoms with Crippen LogP contribution < -0.4 is 5.32 Å². The van der Waals surface area contributed by atoms with E-state index < -0.39 is 6.10 Å². The molecule has 0 spiro atoms. The molecule has 2 aromatic rings. The standard InChI is InChI=1S/C19H15NO4/c21-17-11-5-1-2-6-12(11)18(22)16-13(17)7-3-8-14(16)20-19(23)15-9-4-10-24-15/h1-3,5-8,15H,4,9-10H2,(H,20,23). The second-order valence-corrected chi connectivity index (χ2v) is 5.92. The highest BCUT2D eigenvalue weighted by molar-refractivity contribution is 6.30. The lowest BCUT2D eigenvalue weighted by Gasteiger charge is -2.21. The molecule has 1 aliphatic heterocycles. The van der Waals surface area contributed by atoms with Gasteiger partial charge in [0.15, 0.2) is 11.6 Å². The van der Waals surface area contributed by atoms with E-state index in [9.17, 15) is 14.4 Å². The number of carbonyl (C=O) groups excluding carboxylic acids is 3. The highest BCUT2D eigenvalue weighted by atomic mass is 16.5. The molecule has 1 aliphatic carbocycles. The van der Waals surface area contributed by atoms with Gasteiger partial charge in [0.1, 0.15) is 6.10 Å².